The van der Waals surface area contributed by atoms with Crippen molar-refractivity contribution < 1.29 is 24.2 Å². The monoisotopic (exact) mass is 345 g/mol. The van der Waals surface area contributed by atoms with Gasteiger partial charge in [0.25, 0.3) is 0 Å². The summed E-state index contributed by atoms with van der Waals surface area (Å²) in [7, 11) is 1.58. The maximum Gasteiger partial charge on any atom is 0.325 e. The number of aromatic nitrogens is 2. The third-order valence-corrected chi connectivity index (χ3v) is 3.98. The lowest BCUT2D eigenvalue weighted by Crippen LogP contribution is -2.33. The highest BCUT2D eigenvalue weighted by molar-refractivity contribution is 5.92. The SMILES string of the molecule is COc1ccc2c(c1)CC(C(=O)Nc1cc(C)nn1CC(=O)O)CO2. The molecule has 1 aliphatic rings. The van der Waals surface area contributed by atoms with Gasteiger partial charge in [0.05, 0.1) is 18.7 Å². The average molecular weight is 345 g/mol. The molecule has 2 aromatic rings. The van der Waals surface area contributed by atoms with Gasteiger partial charge in [-0.2, -0.15) is 5.10 Å². The quantitative estimate of drug-likeness (QED) is 0.851. The highest BCUT2D eigenvalue weighted by Crippen LogP contribution is 2.31. The van der Waals surface area contributed by atoms with Gasteiger partial charge in [-0.1, -0.05) is 0 Å². The number of benzene rings is 1. The fourth-order valence-corrected chi connectivity index (χ4v) is 2.79. The van der Waals surface area contributed by atoms with Crippen molar-refractivity contribution in [2.45, 2.75) is 19.9 Å². The van der Waals surface area contributed by atoms with Gasteiger partial charge in [-0.05, 0) is 37.1 Å². The van der Waals surface area contributed by atoms with Gasteiger partial charge in [0.2, 0.25) is 5.91 Å². The number of ether oxygens (including phenoxy) is 2. The topological polar surface area (TPSA) is 103 Å². The second-order valence-electron chi connectivity index (χ2n) is 5.90. The van der Waals surface area contributed by atoms with E-state index >= 15 is 0 Å². The average Bonchev–Trinajstić information content (AvgIpc) is 2.92. The van der Waals surface area contributed by atoms with E-state index < -0.39 is 5.97 Å². The largest absolute Gasteiger partial charge is 0.497 e. The third-order valence-electron chi connectivity index (χ3n) is 3.98. The molecule has 8 heteroatoms. The Morgan fingerprint density at radius 2 is 2.24 bits per heavy atom. The smallest absolute Gasteiger partial charge is 0.325 e. The molecule has 8 nitrogen and oxygen atoms in total. The first-order chi connectivity index (χ1) is 12.0. The van der Waals surface area contributed by atoms with E-state index in [1.165, 1.54) is 4.68 Å². The van der Waals surface area contributed by atoms with Gasteiger partial charge in [-0.15, -0.1) is 0 Å². The number of carbonyl (C=O) groups excluding carboxylic acids is 1. The van der Waals surface area contributed by atoms with E-state index in [2.05, 4.69) is 10.4 Å². The first kappa shape index (κ1) is 16.8. The molecule has 0 saturated carbocycles. The van der Waals surface area contributed by atoms with Crippen molar-refractivity contribution in [2.75, 3.05) is 19.0 Å². The summed E-state index contributed by atoms with van der Waals surface area (Å²) in [6, 6.07) is 7.13. The second-order valence-corrected chi connectivity index (χ2v) is 5.90. The molecule has 0 fully saturated rings. The van der Waals surface area contributed by atoms with Gasteiger partial charge in [0.15, 0.2) is 0 Å². The molecular weight excluding hydrogens is 326 g/mol. The third kappa shape index (κ3) is 3.73. The molecule has 1 aliphatic heterocycles. The Hall–Kier alpha value is -3.03. The minimum Gasteiger partial charge on any atom is -0.497 e. The predicted octanol–water partition coefficient (Wildman–Crippen LogP) is 1.47. The van der Waals surface area contributed by atoms with Gasteiger partial charge in [-0.25, -0.2) is 4.68 Å². The van der Waals surface area contributed by atoms with Crippen LogP contribution in [0.15, 0.2) is 24.3 Å². The van der Waals surface area contributed by atoms with Gasteiger partial charge in [0, 0.05) is 6.07 Å². The van der Waals surface area contributed by atoms with E-state index in [1.807, 2.05) is 18.2 Å². The number of methoxy groups -OCH3 is 1. The Morgan fingerprint density at radius 1 is 1.44 bits per heavy atom. The van der Waals surface area contributed by atoms with Crippen molar-refractivity contribution in [3.05, 3.63) is 35.5 Å². The Labute approximate surface area is 144 Å². The Morgan fingerprint density at radius 3 is 2.96 bits per heavy atom. The van der Waals surface area contributed by atoms with E-state index in [0.29, 0.717) is 23.7 Å². The molecule has 0 saturated heterocycles. The van der Waals surface area contributed by atoms with E-state index in [4.69, 9.17) is 14.6 Å². The molecule has 0 bridgehead atoms. The van der Waals surface area contributed by atoms with E-state index in [-0.39, 0.29) is 25.0 Å². The molecule has 2 N–H and O–H groups in total. The van der Waals surface area contributed by atoms with Gasteiger partial charge < -0.3 is 19.9 Å². The maximum absolute atomic E-state index is 12.6. The van der Waals surface area contributed by atoms with Gasteiger partial charge >= 0.3 is 5.97 Å². The molecule has 25 heavy (non-hydrogen) atoms. The van der Waals surface area contributed by atoms with Crippen molar-refractivity contribution in [3.8, 4) is 11.5 Å². The number of aryl methyl sites for hydroxylation is 1. The Kier molecular flexibility index (Phi) is 4.60. The van der Waals surface area contributed by atoms with E-state index in [9.17, 15) is 9.59 Å². The van der Waals surface area contributed by atoms with E-state index in [0.717, 1.165) is 11.3 Å². The summed E-state index contributed by atoms with van der Waals surface area (Å²) in [5.41, 5.74) is 1.53. The lowest BCUT2D eigenvalue weighted by molar-refractivity contribution is -0.138. The lowest BCUT2D eigenvalue weighted by atomic mass is 9.96. The molecular formula is C17H19N3O5. The first-order valence-corrected chi connectivity index (χ1v) is 7.83. The number of nitrogens with one attached hydrogen (secondary N) is 1. The molecule has 0 spiro atoms. The van der Waals surface area contributed by atoms with Gasteiger partial charge in [0.1, 0.15) is 30.5 Å². The highest BCUT2D eigenvalue weighted by Gasteiger charge is 2.27. The molecule has 1 atom stereocenters. The van der Waals surface area contributed by atoms with Crippen LogP contribution in [-0.4, -0.2) is 40.5 Å². The van der Waals surface area contributed by atoms with Crippen LogP contribution in [0.1, 0.15) is 11.3 Å². The number of carboxylic acid groups (broad SMARTS) is 1. The minimum absolute atomic E-state index is 0.236. The number of fused-ring (bicyclic) bond motifs is 1. The number of rotatable bonds is 5. The molecule has 1 aromatic heterocycles. The fourth-order valence-electron chi connectivity index (χ4n) is 2.79. The summed E-state index contributed by atoms with van der Waals surface area (Å²) in [5.74, 6) is 0.172. The van der Waals surface area contributed by atoms with Crippen LogP contribution in [0, 0.1) is 12.8 Å². The number of nitrogens with zero attached hydrogens (tertiary/aromatic N) is 2. The minimum atomic E-state index is -1.03. The zero-order valence-electron chi connectivity index (χ0n) is 14.0. The van der Waals surface area contributed by atoms with Crippen LogP contribution in [0.4, 0.5) is 5.82 Å². The van der Waals surface area contributed by atoms with Crippen molar-refractivity contribution >= 4 is 17.7 Å². The number of anilines is 1. The summed E-state index contributed by atoms with van der Waals surface area (Å²) in [5, 5.41) is 15.8. The van der Waals surface area contributed by atoms with Crippen LogP contribution >= 0.6 is 0 Å². The van der Waals surface area contributed by atoms with Crippen molar-refractivity contribution in [1.29, 1.82) is 0 Å². The summed E-state index contributed by atoms with van der Waals surface area (Å²) >= 11 is 0. The van der Waals surface area contributed by atoms with Crippen LogP contribution in [-0.2, 0) is 22.6 Å². The standard InChI is InChI=1S/C17H19N3O5/c1-10-5-15(20(19-10)8-16(21)22)18-17(23)12-6-11-7-13(24-2)3-4-14(11)25-9-12/h3-5,7,12H,6,8-9H2,1-2H3,(H,18,23)(H,21,22). The molecule has 1 amide bonds. The Balaban J connectivity index is 1.73. The number of carboxylic acids is 1. The normalized spacial score (nSPS) is 15.8. The summed E-state index contributed by atoms with van der Waals surface area (Å²) in [6.07, 6.45) is 0.518. The molecule has 132 valence electrons. The molecule has 0 aliphatic carbocycles. The van der Waals surface area contributed by atoms with Crippen molar-refractivity contribution in [1.82, 2.24) is 9.78 Å². The number of hydrogen-bond donors (Lipinski definition) is 2. The summed E-state index contributed by atoms with van der Waals surface area (Å²) in [4.78, 5) is 23.5. The molecule has 1 aromatic carbocycles. The summed E-state index contributed by atoms with van der Waals surface area (Å²) in [6.45, 7) is 1.68. The van der Waals surface area contributed by atoms with Crippen molar-refractivity contribution in [3.63, 3.8) is 0 Å². The zero-order valence-corrected chi connectivity index (χ0v) is 14.0. The molecule has 2 heterocycles. The second kappa shape index (κ2) is 6.84. The highest BCUT2D eigenvalue weighted by atomic mass is 16.5. The number of carbonyl (C=O) groups is 2. The fraction of sp³-hybridized carbons (Fsp3) is 0.353. The molecule has 0 radical (unpaired) electrons. The first-order valence-electron chi connectivity index (χ1n) is 7.83. The van der Waals surface area contributed by atoms with Crippen molar-refractivity contribution in [2.24, 2.45) is 5.92 Å². The van der Waals surface area contributed by atoms with Crippen LogP contribution in [0.2, 0.25) is 0 Å². The summed E-state index contributed by atoms with van der Waals surface area (Å²) < 4.78 is 12.1. The van der Waals surface area contributed by atoms with Crippen LogP contribution in [0.25, 0.3) is 0 Å². The lowest BCUT2D eigenvalue weighted by Gasteiger charge is -2.25. The number of aliphatic carboxylic acids is 1. The maximum atomic E-state index is 12.6. The number of amides is 1. The van der Waals surface area contributed by atoms with E-state index in [1.54, 1.807) is 20.1 Å². The predicted molar refractivity (Wildman–Crippen MR) is 88.9 cm³/mol. The zero-order chi connectivity index (χ0) is 18.0. The van der Waals surface area contributed by atoms with Crippen LogP contribution in [0.5, 0.6) is 11.5 Å². The number of hydrogen-bond acceptors (Lipinski definition) is 5. The van der Waals surface area contributed by atoms with Crippen LogP contribution in [0.3, 0.4) is 0 Å². The van der Waals surface area contributed by atoms with Gasteiger partial charge in [-0.3, -0.25) is 9.59 Å². The molecule has 1 unspecified atom stereocenters. The van der Waals surface area contributed by atoms with Crippen LogP contribution < -0.4 is 14.8 Å². The Bertz CT molecular complexity index is 815. The molecule has 3 rings (SSSR count).